The van der Waals surface area contributed by atoms with Crippen LogP contribution in [0.25, 0.3) is 20.8 Å². The molecule has 7 nitrogen and oxygen atoms in total. The lowest BCUT2D eigenvalue weighted by Gasteiger charge is -2.03. The average Bonchev–Trinajstić information content (AvgIpc) is 2.98. The number of hydrogen-bond donors (Lipinski definition) is 3. The molecule has 0 aliphatic rings. The number of pyridine rings is 1. The van der Waals surface area contributed by atoms with E-state index in [2.05, 4.69) is 15.3 Å². The summed E-state index contributed by atoms with van der Waals surface area (Å²) in [7, 11) is 0. The zero-order valence-electron chi connectivity index (χ0n) is 12.0. The predicted molar refractivity (Wildman–Crippen MR) is 84.4 cm³/mol. The Morgan fingerprint density at radius 2 is 1.96 bits per heavy atom. The fourth-order valence-corrected chi connectivity index (χ4v) is 2.99. The second-order valence-corrected chi connectivity index (χ2v) is 5.77. The number of benzene rings is 1. The molecule has 0 bridgehead atoms. The number of carboxylic acid groups (broad SMARTS) is 1. The number of thiazole rings is 1. The molecule has 2 aromatic heterocycles. The van der Waals surface area contributed by atoms with Crippen molar-refractivity contribution in [2.75, 3.05) is 6.54 Å². The van der Waals surface area contributed by atoms with Crippen LogP contribution in [0.5, 0.6) is 5.75 Å². The molecule has 2 heterocycles. The number of nitrogens with one attached hydrogen (secondary N) is 1. The van der Waals surface area contributed by atoms with Crippen LogP contribution in [0.15, 0.2) is 30.5 Å². The highest BCUT2D eigenvalue weighted by molar-refractivity contribution is 7.22. The highest BCUT2D eigenvalue weighted by Crippen LogP contribution is 2.36. The topological polar surface area (TPSA) is 112 Å². The Kier molecular flexibility index (Phi) is 4.09. The Labute approximate surface area is 138 Å². The van der Waals surface area contributed by atoms with Crippen LogP contribution in [-0.2, 0) is 4.79 Å². The molecule has 3 N–H and O–H groups in total. The van der Waals surface area contributed by atoms with Crippen LogP contribution in [0.2, 0.25) is 0 Å². The number of nitrogens with zero attached hydrogens (tertiary/aromatic N) is 2. The monoisotopic (exact) mass is 347 g/mol. The molecule has 3 rings (SSSR count). The third-order valence-electron chi connectivity index (χ3n) is 3.12. The van der Waals surface area contributed by atoms with Crippen molar-refractivity contribution in [2.45, 2.75) is 0 Å². The Morgan fingerprint density at radius 1 is 1.25 bits per heavy atom. The molecule has 0 saturated heterocycles. The minimum absolute atomic E-state index is 0.280. The summed E-state index contributed by atoms with van der Waals surface area (Å²) >= 11 is 1.12. The number of carboxylic acids is 1. The van der Waals surface area contributed by atoms with E-state index in [-0.39, 0.29) is 17.3 Å². The van der Waals surface area contributed by atoms with Crippen molar-refractivity contribution >= 4 is 33.4 Å². The summed E-state index contributed by atoms with van der Waals surface area (Å²) < 4.78 is 13.3. The lowest BCUT2D eigenvalue weighted by atomic mass is 10.2. The average molecular weight is 347 g/mol. The third-order valence-corrected chi connectivity index (χ3v) is 4.24. The summed E-state index contributed by atoms with van der Waals surface area (Å²) in [5.74, 6) is -2.75. The second kappa shape index (κ2) is 6.20. The highest BCUT2D eigenvalue weighted by atomic mass is 32.1. The SMILES string of the molecule is O=C(O)CNC(=O)c1ncc2nc(-c3ccc(F)cc3)sc2c1O. The van der Waals surface area contributed by atoms with Gasteiger partial charge in [0, 0.05) is 5.56 Å². The van der Waals surface area contributed by atoms with Crippen molar-refractivity contribution in [3.8, 4) is 16.3 Å². The van der Waals surface area contributed by atoms with E-state index in [1.165, 1.54) is 18.3 Å². The number of aromatic hydroxyl groups is 1. The van der Waals surface area contributed by atoms with Crippen LogP contribution in [0.4, 0.5) is 4.39 Å². The maximum Gasteiger partial charge on any atom is 0.322 e. The molecule has 1 aromatic carbocycles. The molecule has 0 atom stereocenters. The maximum atomic E-state index is 13.0. The summed E-state index contributed by atoms with van der Waals surface area (Å²) in [6.45, 7) is -0.582. The quantitative estimate of drug-likeness (QED) is 0.665. The normalized spacial score (nSPS) is 10.7. The Bertz CT molecular complexity index is 940. The van der Waals surface area contributed by atoms with E-state index in [0.29, 0.717) is 20.8 Å². The van der Waals surface area contributed by atoms with Gasteiger partial charge in [0.2, 0.25) is 0 Å². The van der Waals surface area contributed by atoms with E-state index in [1.807, 2.05) is 0 Å². The van der Waals surface area contributed by atoms with Gasteiger partial charge in [-0.3, -0.25) is 9.59 Å². The van der Waals surface area contributed by atoms with Crippen LogP contribution >= 0.6 is 11.3 Å². The van der Waals surface area contributed by atoms with E-state index in [9.17, 15) is 19.1 Å². The second-order valence-electron chi connectivity index (χ2n) is 4.77. The molecule has 9 heteroatoms. The minimum Gasteiger partial charge on any atom is -0.504 e. The maximum absolute atomic E-state index is 13.0. The summed E-state index contributed by atoms with van der Waals surface area (Å²) in [6, 6.07) is 5.70. The van der Waals surface area contributed by atoms with Gasteiger partial charge < -0.3 is 15.5 Å². The van der Waals surface area contributed by atoms with Gasteiger partial charge in [0.25, 0.3) is 5.91 Å². The van der Waals surface area contributed by atoms with Gasteiger partial charge in [-0.1, -0.05) is 0 Å². The molecule has 0 spiro atoms. The first-order chi connectivity index (χ1) is 11.5. The van der Waals surface area contributed by atoms with Crippen molar-refractivity contribution in [2.24, 2.45) is 0 Å². The van der Waals surface area contributed by atoms with Crippen molar-refractivity contribution < 1.29 is 24.2 Å². The van der Waals surface area contributed by atoms with Gasteiger partial charge in [0.1, 0.15) is 27.6 Å². The fourth-order valence-electron chi connectivity index (χ4n) is 2.01. The lowest BCUT2D eigenvalue weighted by molar-refractivity contribution is -0.135. The van der Waals surface area contributed by atoms with E-state index >= 15 is 0 Å². The number of fused-ring (bicyclic) bond motifs is 1. The molecule has 24 heavy (non-hydrogen) atoms. The predicted octanol–water partition coefficient (Wildman–Crippen LogP) is 2.02. The number of rotatable bonds is 4. The molecule has 0 aliphatic carbocycles. The number of hydrogen-bond acceptors (Lipinski definition) is 6. The summed E-state index contributed by atoms with van der Waals surface area (Å²) in [5, 5.41) is 21.5. The molecule has 1 amide bonds. The van der Waals surface area contributed by atoms with Gasteiger partial charge >= 0.3 is 5.97 Å². The van der Waals surface area contributed by atoms with E-state index < -0.39 is 18.4 Å². The smallest absolute Gasteiger partial charge is 0.322 e. The van der Waals surface area contributed by atoms with Crippen LogP contribution < -0.4 is 5.32 Å². The van der Waals surface area contributed by atoms with Crippen molar-refractivity contribution in [3.05, 3.63) is 42.0 Å². The molecular weight excluding hydrogens is 337 g/mol. The standard InChI is InChI=1S/C15H10FN3O4S/c16-8-3-1-7(2-4-8)15-19-9-5-17-11(12(22)13(9)24-15)14(23)18-6-10(20)21/h1-5,22H,6H2,(H,18,23)(H,20,21). The van der Waals surface area contributed by atoms with Gasteiger partial charge in [-0.05, 0) is 24.3 Å². The van der Waals surface area contributed by atoms with E-state index in [4.69, 9.17) is 5.11 Å². The van der Waals surface area contributed by atoms with Gasteiger partial charge in [0.15, 0.2) is 11.4 Å². The van der Waals surface area contributed by atoms with Gasteiger partial charge in [0.05, 0.1) is 6.20 Å². The molecule has 3 aromatic rings. The number of amides is 1. The van der Waals surface area contributed by atoms with Crippen LogP contribution in [-0.4, -0.2) is 38.6 Å². The molecule has 0 fully saturated rings. The van der Waals surface area contributed by atoms with Gasteiger partial charge in [-0.2, -0.15) is 0 Å². The Balaban J connectivity index is 1.98. The van der Waals surface area contributed by atoms with Crippen molar-refractivity contribution in [1.82, 2.24) is 15.3 Å². The molecule has 0 unspecified atom stereocenters. The van der Waals surface area contributed by atoms with Crippen LogP contribution in [0.3, 0.4) is 0 Å². The van der Waals surface area contributed by atoms with Gasteiger partial charge in [-0.25, -0.2) is 14.4 Å². The lowest BCUT2D eigenvalue weighted by Crippen LogP contribution is -2.29. The number of aliphatic carboxylic acids is 1. The van der Waals surface area contributed by atoms with Crippen molar-refractivity contribution in [3.63, 3.8) is 0 Å². The molecular formula is C15H10FN3O4S. The number of carbonyl (C=O) groups is 2. The van der Waals surface area contributed by atoms with Gasteiger partial charge in [-0.15, -0.1) is 11.3 Å². The van der Waals surface area contributed by atoms with E-state index in [0.717, 1.165) is 11.3 Å². The van der Waals surface area contributed by atoms with Crippen molar-refractivity contribution in [1.29, 1.82) is 0 Å². The first-order valence-electron chi connectivity index (χ1n) is 6.70. The number of aromatic nitrogens is 2. The number of carbonyl (C=O) groups excluding carboxylic acids is 1. The molecule has 0 saturated carbocycles. The minimum atomic E-state index is -1.21. The largest absolute Gasteiger partial charge is 0.504 e. The Morgan fingerprint density at radius 3 is 2.62 bits per heavy atom. The first kappa shape index (κ1) is 15.8. The third kappa shape index (κ3) is 3.01. The summed E-state index contributed by atoms with van der Waals surface area (Å²) in [6.07, 6.45) is 1.31. The van der Waals surface area contributed by atoms with E-state index in [1.54, 1.807) is 12.1 Å². The summed E-state index contributed by atoms with van der Waals surface area (Å²) in [5.41, 5.74) is 0.763. The first-order valence-corrected chi connectivity index (χ1v) is 7.52. The van der Waals surface area contributed by atoms with Crippen LogP contribution in [0, 0.1) is 5.82 Å². The summed E-state index contributed by atoms with van der Waals surface area (Å²) in [4.78, 5) is 30.5. The zero-order valence-corrected chi connectivity index (χ0v) is 12.8. The van der Waals surface area contributed by atoms with Crippen LogP contribution in [0.1, 0.15) is 10.5 Å². The number of halogens is 1. The fraction of sp³-hybridized carbons (Fsp3) is 0.0667. The zero-order chi connectivity index (χ0) is 17.3. The molecule has 0 aliphatic heterocycles. The Hall–Kier alpha value is -3.07. The molecule has 0 radical (unpaired) electrons. The highest BCUT2D eigenvalue weighted by Gasteiger charge is 2.19. The molecule has 122 valence electrons.